The van der Waals surface area contributed by atoms with E-state index in [2.05, 4.69) is 24.9 Å². The summed E-state index contributed by atoms with van der Waals surface area (Å²) in [4.78, 5) is 13.7. The fourth-order valence-corrected chi connectivity index (χ4v) is 4.79. The second kappa shape index (κ2) is 4.89. The molecule has 0 saturated heterocycles. The minimum atomic E-state index is 0.0653. The Hall–Kier alpha value is -0.480. The van der Waals surface area contributed by atoms with Crippen molar-refractivity contribution < 1.29 is 4.79 Å². The lowest BCUT2D eigenvalue weighted by atomic mass is 9.84. The molecule has 2 fully saturated rings. The van der Waals surface area contributed by atoms with E-state index in [0.29, 0.717) is 12.0 Å². The zero-order valence-corrected chi connectivity index (χ0v) is 12.3. The highest BCUT2D eigenvalue weighted by Gasteiger charge is 2.42. The van der Waals surface area contributed by atoms with Gasteiger partial charge in [-0.15, -0.1) is 24.0 Å². The Kier molecular flexibility index (Phi) is 3.41. The number of amides is 1. The first-order chi connectivity index (χ1) is 8.63. The van der Waals surface area contributed by atoms with Crippen LogP contribution in [0.4, 0.5) is 0 Å². The number of nitrogens with one attached hydrogen (secondary N) is 1. The molecule has 3 rings (SSSR count). The topological polar surface area (TPSA) is 29.1 Å². The van der Waals surface area contributed by atoms with Gasteiger partial charge in [0, 0.05) is 16.3 Å². The maximum absolute atomic E-state index is 12.1. The van der Waals surface area contributed by atoms with Crippen LogP contribution in [0, 0.1) is 17.8 Å². The van der Waals surface area contributed by atoms with Crippen molar-refractivity contribution in [3.8, 4) is 0 Å². The van der Waals surface area contributed by atoms with E-state index in [9.17, 15) is 4.79 Å². The summed E-state index contributed by atoms with van der Waals surface area (Å²) >= 11 is 5.71. The number of fused-ring (bicyclic) bond motifs is 2. The Morgan fingerprint density at radius 2 is 2.33 bits per heavy atom. The SMILES string of the molecule is CC(NC(=O)c1cc(S)cs1)C1CC2CCC1C2. The molecule has 4 heteroatoms. The minimum absolute atomic E-state index is 0.0653. The summed E-state index contributed by atoms with van der Waals surface area (Å²) in [7, 11) is 0. The Morgan fingerprint density at radius 3 is 2.89 bits per heavy atom. The van der Waals surface area contributed by atoms with Crippen molar-refractivity contribution in [2.45, 2.75) is 43.5 Å². The van der Waals surface area contributed by atoms with Crippen LogP contribution in [-0.4, -0.2) is 11.9 Å². The zero-order valence-electron chi connectivity index (χ0n) is 10.6. The molecule has 2 aliphatic rings. The fourth-order valence-electron chi connectivity index (χ4n) is 3.74. The monoisotopic (exact) mass is 281 g/mol. The molecule has 0 spiro atoms. The summed E-state index contributed by atoms with van der Waals surface area (Å²) in [5, 5.41) is 5.08. The first kappa shape index (κ1) is 12.5. The summed E-state index contributed by atoms with van der Waals surface area (Å²) in [5.41, 5.74) is 0. The van der Waals surface area contributed by atoms with Crippen LogP contribution >= 0.6 is 24.0 Å². The van der Waals surface area contributed by atoms with Gasteiger partial charge in [0.05, 0.1) is 4.88 Å². The van der Waals surface area contributed by atoms with Crippen LogP contribution in [0.3, 0.4) is 0 Å². The molecule has 2 bridgehead atoms. The molecule has 4 unspecified atom stereocenters. The largest absolute Gasteiger partial charge is 0.349 e. The molecule has 2 nitrogen and oxygen atoms in total. The van der Waals surface area contributed by atoms with Crippen LogP contribution in [0.5, 0.6) is 0 Å². The molecule has 1 aromatic rings. The van der Waals surface area contributed by atoms with Crippen molar-refractivity contribution >= 4 is 29.9 Å². The van der Waals surface area contributed by atoms with Crippen LogP contribution in [0.25, 0.3) is 0 Å². The zero-order chi connectivity index (χ0) is 12.7. The average Bonchev–Trinajstić information content (AvgIpc) is 3.03. The fraction of sp³-hybridized carbons (Fsp3) is 0.643. The van der Waals surface area contributed by atoms with E-state index in [0.717, 1.165) is 21.6 Å². The number of rotatable bonds is 3. The maximum Gasteiger partial charge on any atom is 0.261 e. The van der Waals surface area contributed by atoms with E-state index in [1.165, 1.54) is 37.0 Å². The van der Waals surface area contributed by atoms with Gasteiger partial charge in [-0.05, 0) is 50.0 Å². The van der Waals surface area contributed by atoms with E-state index < -0.39 is 0 Å². The predicted octanol–water partition coefficient (Wildman–Crippen LogP) is 3.59. The number of carbonyl (C=O) groups excluding carboxylic acids is 1. The van der Waals surface area contributed by atoms with Crippen molar-refractivity contribution in [1.82, 2.24) is 5.32 Å². The van der Waals surface area contributed by atoms with Crippen LogP contribution < -0.4 is 5.32 Å². The lowest BCUT2D eigenvalue weighted by Crippen LogP contribution is -2.39. The van der Waals surface area contributed by atoms with Crippen LogP contribution in [-0.2, 0) is 0 Å². The Balaban J connectivity index is 1.61. The van der Waals surface area contributed by atoms with Gasteiger partial charge in [0.25, 0.3) is 5.91 Å². The van der Waals surface area contributed by atoms with E-state index >= 15 is 0 Å². The lowest BCUT2D eigenvalue weighted by Gasteiger charge is -2.28. The third-order valence-electron chi connectivity index (χ3n) is 4.60. The highest BCUT2D eigenvalue weighted by molar-refractivity contribution is 7.80. The average molecular weight is 281 g/mol. The molecule has 0 aliphatic heterocycles. The molecule has 1 amide bonds. The summed E-state index contributed by atoms with van der Waals surface area (Å²) in [6.07, 6.45) is 5.49. The predicted molar refractivity (Wildman–Crippen MR) is 77.4 cm³/mol. The standard InChI is InChI=1S/C14H19NOS2/c1-8(12-5-9-2-3-10(12)4-9)15-14(16)13-6-11(17)7-18-13/h6-10,12,17H,2-5H2,1H3,(H,15,16). The Bertz CT molecular complexity index is 456. The van der Waals surface area contributed by atoms with E-state index in [4.69, 9.17) is 0 Å². The molecule has 2 saturated carbocycles. The number of carbonyl (C=O) groups is 1. The number of hydrogen-bond acceptors (Lipinski definition) is 3. The molecular formula is C14H19NOS2. The van der Waals surface area contributed by atoms with Gasteiger partial charge < -0.3 is 5.32 Å². The maximum atomic E-state index is 12.1. The van der Waals surface area contributed by atoms with Crippen molar-refractivity contribution in [1.29, 1.82) is 0 Å². The molecule has 0 aromatic carbocycles. The molecule has 0 radical (unpaired) electrons. The minimum Gasteiger partial charge on any atom is -0.349 e. The molecule has 1 aromatic heterocycles. The third-order valence-corrected chi connectivity index (χ3v) is 5.97. The molecular weight excluding hydrogens is 262 g/mol. The number of hydrogen-bond donors (Lipinski definition) is 2. The van der Waals surface area contributed by atoms with Crippen LogP contribution in [0.15, 0.2) is 16.3 Å². The Labute approximate surface area is 118 Å². The van der Waals surface area contributed by atoms with Gasteiger partial charge in [0.1, 0.15) is 0 Å². The van der Waals surface area contributed by atoms with Gasteiger partial charge in [-0.2, -0.15) is 0 Å². The van der Waals surface area contributed by atoms with Gasteiger partial charge >= 0.3 is 0 Å². The second-order valence-electron chi connectivity index (χ2n) is 5.77. The van der Waals surface area contributed by atoms with Crippen LogP contribution in [0.2, 0.25) is 0 Å². The van der Waals surface area contributed by atoms with E-state index in [1.54, 1.807) is 0 Å². The number of thiol groups is 1. The summed E-state index contributed by atoms with van der Waals surface area (Å²) < 4.78 is 0. The van der Waals surface area contributed by atoms with Gasteiger partial charge in [-0.3, -0.25) is 4.79 Å². The van der Waals surface area contributed by atoms with Gasteiger partial charge in [-0.1, -0.05) is 6.42 Å². The summed E-state index contributed by atoms with van der Waals surface area (Å²) in [6, 6.07) is 2.15. The van der Waals surface area contributed by atoms with Crippen molar-refractivity contribution in [2.24, 2.45) is 17.8 Å². The normalized spacial score (nSPS) is 31.6. The molecule has 98 valence electrons. The first-order valence-electron chi connectivity index (χ1n) is 6.72. The molecule has 2 aliphatic carbocycles. The van der Waals surface area contributed by atoms with Crippen LogP contribution in [0.1, 0.15) is 42.3 Å². The van der Waals surface area contributed by atoms with Crippen molar-refractivity contribution in [3.05, 3.63) is 16.3 Å². The summed E-state index contributed by atoms with van der Waals surface area (Å²) in [5.74, 6) is 2.55. The highest BCUT2D eigenvalue weighted by Crippen LogP contribution is 2.49. The van der Waals surface area contributed by atoms with Gasteiger partial charge in [0.15, 0.2) is 0 Å². The highest BCUT2D eigenvalue weighted by atomic mass is 32.1. The van der Waals surface area contributed by atoms with Gasteiger partial charge in [-0.25, -0.2) is 0 Å². The summed E-state index contributed by atoms with van der Waals surface area (Å²) in [6.45, 7) is 2.17. The molecule has 18 heavy (non-hydrogen) atoms. The lowest BCUT2D eigenvalue weighted by molar-refractivity contribution is 0.0919. The molecule has 4 atom stereocenters. The number of thiophene rings is 1. The smallest absolute Gasteiger partial charge is 0.261 e. The Morgan fingerprint density at radius 1 is 1.50 bits per heavy atom. The van der Waals surface area contributed by atoms with Gasteiger partial charge in [0.2, 0.25) is 0 Å². The van der Waals surface area contributed by atoms with Crippen molar-refractivity contribution in [3.63, 3.8) is 0 Å². The third kappa shape index (κ3) is 2.32. The van der Waals surface area contributed by atoms with Crippen molar-refractivity contribution in [2.75, 3.05) is 0 Å². The quantitative estimate of drug-likeness (QED) is 0.815. The molecule has 1 N–H and O–H groups in total. The second-order valence-corrected chi connectivity index (χ2v) is 7.20. The van der Waals surface area contributed by atoms with E-state index in [1.807, 2.05) is 11.4 Å². The van der Waals surface area contributed by atoms with E-state index in [-0.39, 0.29) is 5.91 Å². The first-order valence-corrected chi connectivity index (χ1v) is 8.04. The molecule has 1 heterocycles.